The molecule has 28 heavy (non-hydrogen) atoms. The summed E-state index contributed by atoms with van der Waals surface area (Å²) in [6.45, 7) is 9.11. The van der Waals surface area contributed by atoms with Crippen LogP contribution < -0.4 is 0 Å². The van der Waals surface area contributed by atoms with Crippen molar-refractivity contribution in [2.75, 3.05) is 19.8 Å². The molecule has 7 atom stereocenters. The molecule has 0 bridgehead atoms. The van der Waals surface area contributed by atoms with E-state index in [0.717, 1.165) is 37.8 Å². The molecule has 0 N–H and O–H groups in total. The third-order valence-electron chi connectivity index (χ3n) is 8.98. The summed E-state index contributed by atoms with van der Waals surface area (Å²) in [4.78, 5) is 10.8. The summed E-state index contributed by atoms with van der Waals surface area (Å²) in [5.74, 6) is 2.66. The summed E-state index contributed by atoms with van der Waals surface area (Å²) in [7, 11) is 0. The van der Waals surface area contributed by atoms with Crippen molar-refractivity contribution in [3.63, 3.8) is 0 Å². The molecule has 0 spiro atoms. The Morgan fingerprint density at radius 2 is 2.11 bits per heavy atom. The number of hydrogen-bond acceptors (Lipinski definition) is 3. The summed E-state index contributed by atoms with van der Waals surface area (Å²) in [5, 5.41) is 0. The zero-order valence-electron chi connectivity index (χ0n) is 17.5. The third kappa shape index (κ3) is 3.41. The molecule has 0 aromatic heterocycles. The van der Waals surface area contributed by atoms with Crippen LogP contribution in [0.15, 0.2) is 11.6 Å². The summed E-state index contributed by atoms with van der Waals surface area (Å²) >= 11 is 0. The summed E-state index contributed by atoms with van der Waals surface area (Å²) < 4.78 is 12.2. The van der Waals surface area contributed by atoms with Crippen molar-refractivity contribution in [1.82, 2.24) is 0 Å². The number of rotatable bonds is 5. The van der Waals surface area contributed by atoms with Gasteiger partial charge in [0.15, 0.2) is 0 Å². The number of aldehydes is 1. The van der Waals surface area contributed by atoms with Crippen molar-refractivity contribution >= 4 is 6.29 Å². The van der Waals surface area contributed by atoms with E-state index in [-0.39, 0.29) is 25.6 Å². The molecule has 3 aliphatic carbocycles. The average molecular weight is 391 g/mol. The van der Waals surface area contributed by atoms with Crippen LogP contribution in [0.2, 0.25) is 0 Å². The van der Waals surface area contributed by atoms with Gasteiger partial charge in [0.1, 0.15) is 12.9 Å². The number of allylic oxidation sites excluding steroid dienone is 1. The second-order valence-electron chi connectivity index (χ2n) is 10.1. The van der Waals surface area contributed by atoms with Gasteiger partial charge in [0.2, 0.25) is 0 Å². The van der Waals surface area contributed by atoms with Crippen LogP contribution in [0.3, 0.4) is 0 Å². The highest BCUT2D eigenvalue weighted by atomic mass is 16.5. The average Bonchev–Trinajstić information content (AvgIpc) is 2.67. The molecule has 160 valence electrons. The van der Waals surface area contributed by atoms with Gasteiger partial charge in [0, 0.05) is 11.3 Å². The fourth-order valence-corrected chi connectivity index (χ4v) is 7.51. The van der Waals surface area contributed by atoms with Crippen LogP contribution in [0.1, 0.15) is 79.6 Å². The van der Waals surface area contributed by atoms with E-state index in [0.29, 0.717) is 17.3 Å². The Morgan fingerprint density at radius 1 is 1.29 bits per heavy atom. The summed E-state index contributed by atoms with van der Waals surface area (Å²) in [6.07, 6.45) is 14.2. The largest absolute Gasteiger partial charge is 0.380 e. The maximum atomic E-state index is 10.8. The number of ether oxygens (including phenoxy) is 2. The van der Waals surface area contributed by atoms with E-state index >= 15 is 0 Å². The Labute approximate surface area is 172 Å². The molecule has 0 amide bonds. The van der Waals surface area contributed by atoms with Crippen molar-refractivity contribution in [2.24, 2.45) is 34.5 Å². The highest BCUT2D eigenvalue weighted by Crippen LogP contribution is 2.63. The number of carbonyl (C=O) groups is 1. The van der Waals surface area contributed by atoms with Gasteiger partial charge < -0.3 is 14.3 Å². The quantitative estimate of drug-likeness (QED) is 0.438. The summed E-state index contributed by atoms with van der Waals surface area (Å²) in [5.41, 5.74) is 2.37. The first kappa shape index (κ1) is 22.0. The molecule has 1 heterocycles. The van der Waals surface area contributed by atoms with Gasteiger partial charge in [-0.3, -0.25) is 0 Å². The Morgan fingerprint density at radius 3 is 2.86 bits per heavy atom. The van der Waals surface area contributed by atoms with Gasteiger partial charge in [-0.25, -0.2) is 0 Å². The van der Waals surface area contributed by atoms with Gasteiger partial charge in [-0.1, -0.05) is 52.7 Å². The lowest BCUT2D eigenvalue weighted by atomic mass is 9.46. The Balaban J connectivity index is 0.00000225. The first-order valence-electron chi connectivity index (χ1n) is 11.4. The lowest BCUT2D eigenvalue weighted by molar-refractivity contribution is -0.146. The zero-order chi connectivity index (χ0) is 19.1. The second-order valence-corrected chi connectivity index (χ2v) is 10.1. The molecule has 0 radical (unpaired) electrons. The van der Waals surface area contributed by atoms with Crippen molar-refractivity contribution in [3.05, 3.63) is 11.6 Å². The maximum Gasteiger partial charge on any atom is 0.145 e. The molecule has 0 aromatic rings. The van der Waals surface area contributed by atoms with Crippen LogP contribution in [0.4, 0.5) is 0 Å². The van der Waals surface area contributed by atoms with E-state index in [4.69, 9.17) is 9.47 Å². The standard InChI is InChI=1S/C24H38O3.CH4/c1-4-22(27-14-13-25)18-15-26-16-24(3)19(18)10-11-20-21(24)9-8-17-7-5-6-12-23(17,20)2;/h9,13,17-20,22H,4-8,10-12,14-16H2,1-3H3;1H4. The third-order valence-corrected chi connectivity index (χ3v) is 8.98. The SMILES string of the molecule is C.CCC(OCC=O)C1COCC2(C)C3=CCC4CCCCC4(C)C3CCC12. The molecular weight excluding hydrogens is 348 g/mol. The number of fused-ring (bicyclic) bond motifs is 5. The Hall–Kier alpha value is -0.670. The van der Waals surface area contributed by atoms with Gasteiger partial charge in [0.25, 0.3) is 0 Å². The molecule has 4 aliphatic rings. The van der Waals surface area contributed by atoms with Gasteiger partial charge in [-0.05, 0) is 61.7 Å². The molecule has 3 fully saturated rings. The van der Waals surface area contributed by atoms with E-state index in [9.17, 15) is 4.79 Å². The minimum atomic E-state index is 0. The van der Waals surface area contributed by atoms with Crippen molar-refractivity contribution in [2.45, 2.75) is 85.7 Å². The highest BCUT2D eigenvalue weighted by molar-refractivity contribution is 5.50. The molecule has 2 saturated carbocycles. The predicted octanol–water partition coefficient (Wildman–Crippen LogP) is 5.82. The molecule has 3 heteroatoms. The highest BCUT2D eigenvalue weighted by Gasteiger charge is 2.57. The predicted molar refractivity (Wildman–Crippen MR) is 114 cm³/mol. The molecule has 4 rings (SSSR count). The zero-order valence-corrected chi connectivity index (χ0v) is 17.5. The lowest BCUT2D eigenvalue weighted by Crippen LogP contribution is -2.56. The van der Waals surface area contributed by atoms with Crippen molar-refractivity contribution in [1.29, 1.82) is 0 Å². The van der Waals surface area contributed by atoms with Gasteiger partial charge in [0.05, 0.1) is 19.3 Å². The van der Waals surface area contributed by atoms with Gasteiger partial charge >= 0.3 is 0 Å². The van der Waals surface area contributed by atoms with E-state index < -0.39 is 0 Å². The minimum absolute atomic E-state index is 0. The topological polar surface area (TPSA) is 35.5 Å². The van der Waals surface area contributed by atoms with Crippen LogP contribution in [0.5, 0.6) is 0 Å². The first-order valence-corrected chi connectivity index (χ1v) is 11.4. The second kappa shape index (κ2) is 8.60. The van der Waals surface area contributed by atoms with E-state index in [2.05, 4.69) is 26.8 Å². The Kier molecular flexibility index (Phi) is 6.76. The molecule has 1 saturated heterocycles. The van der Waals surface area contributed by atoms with Crippen LogP contribution in [-0.2, 0) is 14.3 Å². The molecule has 3 nitrogen and oxygen atoms in total. The minimum Gasteiger partial charge on any atom is -0.380 e. The first-order chi connectivity index (χ1) is 13.0. The monoisotopic (exact) mass is 390 g/mol. The smallest absolute Gasteiger partial charge is 0.145 e. The normalized spacial score (nSPS) is 43.5. The number of carbonyl (C=O) groups excluding carboxylic acids is 1. The molecular formula is C25H42O3. The lowest BCUT2D eigenvalue weighted by Gasteiger charge is -2.61. The summed E-state index contributed by atoms with van der Waals surface area (Å²) in [6, 6.07) is 0. The van der Waals surface area contributed by atoms with E-state index in [1.807, 2.05) is 0 Å². The molecule has 7 unspecified atom stereocenters. The molecule has 1 aliphatic heterocycles. The van der Waals surface area contributed by atoms with E-state index in [1.165, 1.54) is 44.9 Å². The van der Waals surface area contributed by atoms with Crippen LogP contribution >= 0.6 is 0 Å². The van der Waals surface area contributed by atoms with E-state index in [1.54, 1.807) is 5.57 Å². The fraction of sp³-hybridized carbons (Fsp3) is 0.880. The van der Waals surface area contributed by atoms with Crippen LogP contribution in [-0.4, -0.2) is 32.2 Å². The fourth-order valence-electron chi connectivity index (χ4n) is 7.51. The van der Waals surface area contributed by atoms with Gasteiger partial charge in [-0.15, -0.1) is 0 Å². The molecule has 0 aromatic carbocycles. The van der Waals surface area contributed by atoms with Crippen LogP contribution in [0.25, 0.3) is 0 Å². The van der Waals surface area contributed by atoms with Crippen molar-refractivity contribution in [3.8, 4) is 0 Å². The maximum absolute atomic E-state index is 10.8. The van der Waals surface area contributed by atoms with Crippen LogP contribution in [0, 0.1) is 34.5 Å². The number of hydrogen-bond donors (Lipinski definition) is 0. The van der Waals surface area contributed by atoms with Gasteiger partial charge in [-0.2, -0.15) is 0 Å². The van der Waals surface area contributed by atoms with Crippen molar-refractivity contribution < 1.29 is 14.3 Å². The Bertz CT molecular complexity index is 584.